The number of aryl methyl sites for hydroxylation is 1. The molecule has 1 aliphatic heterocycles. The van der Waals surface area contributed by atoms with E-state index in [0.717, 1.165) is 24.9 Å². The first kappa shape index (κ1) is 14.5. The van der Waals surface area contributed by atoms with Gasteiger partial charge in [-0.15, -0.1) is 0 Å². The molecule has 0 radical (unpaired) electrons. The summed E-state index contributed by atoms with van der Waals surface area (Å²) in [7, 11) is 0. The van der Waals surface area contributed by atoms with E-state index in [9.17, 15) is 9.18 Å². The second kappa shape index (κ2) is 6.01. The van der Waals surface area contributed by atoms with Crippen molar-refractivity contribution >= 4 is 27.5 Å². The third-order valence-electron chi connectivity index (χ3n) is 3.52. The molecule has 1 aromatic carbocycles. The number of amides is 1. The van der Waals surface area contributed by atoms with Crippen LogP contribution < -0.4 is 10.6 Å². The van der Waals surface area contributed by atoms with Gasteiger partial charge in [0.2, 0.25) is 5.91 Å². The zero-order chi connectivity index (χ0) is 14.0. The number of hydrogen-bond acceptors (Lipinski definition) is 2. The molecule has 1 fully saturated rings. The Bertz CT molecular complexity index is 493. The minimum absolute atomic E-state index is 0.0231. The summed E-state index contributed by atoms with van der Waals surface area (Å²) >= 11 is 3.14. The van der Waals surface area contributed by atoms with Crippen LogP contribution in [-0.4, -0.2) is 18.5 Å². The fourth-order valence-electron chi connectivity index (χ4n) is 2.39. The standard InChI is InChI=1S/C14H18BrFN2O/c1-8-5-12(16)11(15)7-13(8)18-14(19)10-3-4-17-9(2)6-10/h5,7,9-10,17H,3-4,6H2,1-2H3,(H,18,19). The number of carbonyl (C=O) groups excluding carboxylic acids is 1. The summed E-state index contributed by atoms with van der Waals surface area (Å²) in [4.78, 5) is 12.2. The molecule has 1 saturated heterocycles. The number of piperidine rings is 1. The maximum atomic E-state index is 13.3. The van der Waals surface area contributed by atoms with Crippen LogP contribution in [0.5, 0.6) is 0 Å². The monoisotopic (exact) mass is 328 g/mol. The molecule has 1 aromatic rings. The van der Waals surface area contributed by atoms with Gasteiger partial charge in [0.15, 0.2) is 0 Å². The lowest BCUT2D eigenvalue weighted by Gasteiger charge is -2.27. The largest absolute Gasteiger partial charge is 0.326 e. The van der Waals surface area contributed by atoms with Gasteiger partial charge in [0.05, 0.1) is 4.47 Å². The summed E-state index contributed by atoms with van der Waals surface area (Å²) < 4.78 is 13.7. The van der Waals surface area contributed by atoms with Crippen molar-refractivity contribution in [2.75, 3.05) is 11.9 Å². The van der Waals surface area contributed by atoms with E-state index < -0.39 is 0 Å². The SMILES string of the molecule is Cc1cc(F)c(Br)cc1NC(=O)C1CCNC(C)C1. The van der Waals surface area contributed by atoms with Crippen molar-refractivity contribution in [1.82, 2.24) is 5.32 Å². The van der Waals surface area contributed by atoms with E-state index in [1.807, 2.05) is 0 Å². The molecular formula is C14H18BrFN2O. The molecule has 0 bridgehead atoms. The highest BCUT2D eigenvalue weighted by Crippen LogP contribution is 2.26. The van der Waals surface area contributed by atoms with Crippen molar-refractivity contribution in [3.05, 3.63) is 28.0 Å². The fraction of sp³-hybridized carbons (Fsp3) is 0.500. The lowest BCUT2D eigenvalue weighted by molar-refractivity contribution is -0.120. The zero-order valence-corrected chi connectivity index (χ0v) is 12.7. The average Bonchev–Trinajstić information content (AvgIpc) is 2.36. The van der Waals surface area contributed by atoms with E-state index >= 15 is 0 Å². The minimum Gasteiger partial charge on any atom is -0.326 e. The third-order valence-corrected chi connectivity index (χ3v) is 4.13. The Labute approximate surface area is 121 Å². The van der Waals surface area contributed by atoms with E-state index in [1.54, 1.807) is 13.0 Å². The van der Waals surface area contributed by atoms with Crippen LogP contribution in [0.3, 0.4) is 0 Å². The molecule has 5 heteroatoms. The lowest BCUT2D eigenvalue weighted by atomic mass is 9.92. The molecule has 104 valence electrons. The predicted octanol–water partition coefficient (Wildman–Crippen LogP) is 3.22. The smallest absolute Gasteiger partial charge is 0.227 e. The summed E-state index contributed by atoms with van der Waals surface area (Å²) in [6, 6.07) is 3.41. The minimum atomic E-state index is -0.314. The highest BCUT2D eigenvalue weighted by Gasteiger charge is 2.25. The molecule has 19 heavy (non-hydrogen) atoms. The van der Waals surface area contributed by atoms with Gasteiger partial charge in [-0.1, -0.05) is 0 Å². The summed E-state index contributed by atoms with van der Waals surface area (Å²) in [5, 5.41) is 6.23. The van der Waals surface area contributed by atoms with Crippen molar-refractivity contribution in [2.45, 2.75) is 32.7 Å². The number of rotatable bonds is 2. The van der Waals surface area contributed by atoms with Crippen LogP contribution in [0.25, 0.3) is 0 Å². The van der Waals surface area contributed by atoms with Gasteiger partial charge in [0.25, 0.3) is 0 Å². The zero-order valence-electron chi connectivity index (χ0n) is 11.1. The average molecular weight is 329 g/mol. The molecular weight excluding hydrogens is 311 g/mol. The quantitative estimate of drug-likeness (QED) is 0.875. The highest BCUT2D eigenvalue weighted by atomic mass is 79.9. The topological polar surface area (TPSA) is 41.1 Å². The van der Waals surface area contributed by atoms with Gasteiger partial charge in [-0.2, -0.15) is 0 Å². The van der Waals surface area contributed by atoms with Crippen molar-refractivity contribution in [1.29, 1.82) is 0 Å². The summed E-state index contributed by atoms with van der Waals surface area (Å²) in [6.45, 7) is 4.74. The number of benzene rings is 1. The Hall–Kier alpha value is -0.940. The van der Waals surface area contributed by atoms with Crippen LogP contribution in [0.4, 0.5) is 10.1 Å². The molecule has 0 spiro atoms. The van der Waals surface area contributed by atoms with E-state index in [0.29, 0.717) is 16.2 Å². The molecule has 2 N–H and O–H groups in total. The van der Waals surface area contributed by atoms with Gasteiger partial charge < -0.3 is 10.6 Å². The number of nitrogens with one attached hydrogen (secondary N) is 2. The second-order valence-corrected chi connectivity index (χ2v) is 6.00. The van der Waals surface area contributed by atoms with Gasteiger partial charge in [0, 0.05) is 17.6 Å². The number of halogens is 2. The summed E-state index contributed by atoms with van der Waals surface area (Å²) in [5.74, 6) is -0.263. The Morgan fingerprint density at radius 1 is 1.53 bits per heavy atom. The van der Waals surface area contributed by atoms with Crippen molar-refractivity contribution < 1.29 is 9.18 Å². The number of anilines is 1. The molecule has 2 unspecified atom stereocenters. The van der Waals surface area contributed by atoms with E-state index in [2.05, 4.69) is 33.5 Å². The Morgan fingerprint density at radius 3 is 2.95 bits per heavy atom. The Balaban J connectivity index is 2.08. The Kier molecular flexibility index (Phi) is 4.58. The number of hydrogen-bond donors (Lipinski definition) is 2. The normalized spacial score (nSPS) is 23.2. The fourth-order valence-corrected chi connectivity index (χ4v) is 2.73. The van der Waals surface area contributed by atoms with E-state index in [1.165, 1.54) is 6.07 Å². The van der Waals surface area contributed by atoms with Crippen molar-refractivity contribution in [2.24, 2.45) is 5.92 Å². The summed E-state index contributed by atoms with van der Waals surface area (Å²) in [6.07, 6.45) is 1.69. The van der Waals surface area contributed by atoms with Crippen molar-refractivity contribution in [3.63, 3.8) is 0 Å². The summed E-state index contributed by atoms with van der Waals surface area (Å²) in [5.41, 5.74) is 1.40. The van der Waals surface area contributed by atoms with E-state index in [4.69, 9.17) is 0 Å². The molecule has 0 aliphatic carbocycles. The van der Waals surface area contributed by atoms with Crippen LogP contribution in [-0.2, 0) is 4.79 Å². The molecule has 1 heterocycles. The van der Waals surface area contributed by atoms with Gasteiger partial charge in [-0.3, -0.25) is 4.79 Å². The second-order valence-electron chi connectivity index (χ2n) is 5.15. The van der Waals surface area contributed by atoms with E-state index in [-0.39, 0.29) is 17.6 Å². The molecule has 3 nitrogen and oxygen atoms in total. The molecule has 2 rings (SSSR count). The molecule has 0 aromatic heterocycles. The first-order chi connectivity index (χ1) is 8.97. The molecule has 1 amide bonds. The van der Waals surface area contributed by atoms with Crippen LogP contribution in [0.15, 0.2) is 16.6 Å². The molecule has 2 atom stereocenters. The first-order valence-electron chi connectivity index (χ1n) is 6.47. The van der Waals surface area contributed by atoms with Crippen LogP contribution in [0.2, 0.25) is 0 Å². The van der Waals surface area contributed by atoms with Gasteiger partial charge in [0.1, 0.15) is 5.82 Å². The third kappa shape index (κ3) is 3.54. The van der Waals surface area contributed by atoms with Crippen molar-refractivity contribution in [3.8, 4) is 0 Å². The molecule has 0 saturated carbocycles. The van der Waals surface area contributed by atoms with Gasteiger partial charge in [-0.25, -0.2) is 4.39 Å². The highest BCUT2D eigenvalue weighted by molar-refractivity contribution is 9.10. The first-order valence-corrected chi connectivity index (χ1v) is 7.26. The van der Waals surface area contributed by atoms with Crippen LogP contribution in [0.1, 0.15) is 25.3 Å². The lowest BCUT2D eigenvalue weighted by Crippen LogP contribution is -2.40. The number of carbonyl (C=O) groups is 1. The maximum Gasteiger partial charge on any atom is 0.227 e. The van der Waals surface area contributed by atoms with Gasteiger partial charge in [-0.05, 0) is 66.9 Å². The van der Waals surface area contributed by atoms with Gasteiger partial charge >= 0.3 is 0 Å². The van der Waals surface area contributed by atoms with Crippen LogP contribution in [0, 0.1) is 18.7 Å². The Morgan fingerprint density at radius 2 is 2.26 bits per heavy atom. The van der Waals surface area contributed by atoms with Crippen LogP contribution >= 0.6 is 15.9 Å². The maximum absolute atomic E-state index is 13.3. The predicted molar refractivity (Wildman–Crippen MR) is 77.7 cm³/mol. The molecule has 1 aliphatic rings.